The zero-order valence-electron chi connectivity index (χ0n) is 16.3. The summed E-state index contributed by atoms with van der Waals surface area (Å²) >= 11 is 0. The van der Waals surface area contributed by atoms with Crippen LogP contribution in [0.25, 0.3) is 0 Å². The number of hydrogen-bond acceptors (Lipinski definition) is 7. The summed E-state index contributed by atoms with van der Waals surface area (Å²) in [5, 5.41) is 14.6. The lowest BCUT2D eigenvalue weighted by Gasteiger charge is -2.49. The highest BCUT2D eigenvalue weighted by Crippen LogP contribution is 2.62. The Labute approximate surface area is 155 Å². The average molecular weight is 369 g/mol. The molecule has 0 bridgehead atoms. The van der Waals surface area contributed by atoms with Crippen molar-refractivity contribution in [3.63, 3.8) is 0 Å². The largest absolute Gasteiger partial charge is 0.459 e. The summed E-state index contributed by atoms with van der Waals surface area (Å²) in [6.45, 7) is 6.56. The summed E-state index contributed by atoms with van der Waals surface area (Å²) in [5.74, 6) is -0.363. The Bertz CT molecular complexity index is 585. The molecule has 2 saturated heterocycles. The minimum Gasteiger partial charge on any atom is -0.459 e. The van der Waals surface area contributed by atoms with Crippen LogP contribution in [0.5, 0.6) is 0 Å². The molecule has 7 nitrogen and oxygen atoms in total. The van der Waals surface area contributed by atoms with Crippen molar-refractivity contribution in [3.8, 4) is 0 Å². The number of epoxide rings is 2. The molecule has 26 heavy (non-hydrogen) atoms. The average Bonchev–Trinajstić information content (AvgIpc) is 3.47. The highest BCUT2D eigenvalue weighted by Gasteiger charge is 2.81. The van der Waals surface area contributed by atoms with Crippen LogP contribution in [0.3, 0.4) is 0 Å². The van der Waals surface area contributed by atoms with Crippen molar-refractivity contribution in [2.45, 2.75) is 75.1 Å². The van der Waals surface area contributed by atoms with Gasteiger partial charge in [0.05, 0.1) is 19.3 Å². The second-order valence-corrected chi connectivity index (χ2v) is 8.03. The Hall–Kier alpha value is -0.990. The Morgan fingerprint density at radius 1 is 1.42 bits per heavy atom. The van der Waals surface area contributed by atoms with E-state index in [-0.39, 0.29) is 18.6 Å². The SMILES string of the molecule is CNCC(=O)O[C@@H]1CC[C@]2(CO2)[C@@](O)([C@@]2(C)OC2CC=C(C)C)[C@@H]1OC. The van der Waals surface area contributed by atoms with Gasteiger partial charge in [0.1, 0.15) is 23.4 Å². The predicted octanol–water partition coefficient (Wildman–Crippen LogP) is 0.940. The number of aliphatic hydroxyl groups is 1. The molecule has 2 aliphatic heterocycles. The van der Waals surface area contributed by atoms with E-state index in [4.69, 9.17) is 18.9 Å². The monoisotopic (exact) mass is 369 g/mol. The molecular formula is C19H31NO6. The van der Waals surface area contributed by atoms with Crippen LogP contribution < -0.4 is 5.32 Å². The van der Waals surface area contributed by atoms with Crippen molar-refractivity contribution in [3.05, 3.63) is 11.6 Å². The fourth-order valence-electron chi connectivity index (χ4n) is 4.44. The highest BCUT2D eigenvalue weighted by molar-refractivity contribution is 5.71. The molecule has 148 valence electrons. The third-order valence-corrected chi connectivity index (χ3v) is 6.07. The molecule has 1 unspecified atom stereocenters. The maximum Gasteiger partial charge on any atom is 0.320 e. The molecule has 0 amide bonds. The maximum atomic E-state index is 12.0. The van der Waals surface area contributed by atoms with Crippen molar-refractivity contribution < 1.29 is 28.8 Å². The van der Waals surface area contributed by atoms with Gasteiger partial charge in [-0.05, 0) is 47.1 Å². The minimum absolute atomic E-state index is 0.115. The number of likely N-dealkylation sites (N-methyl/N-ethyl adjacent to an activating group) is 1. The van der Waals surface area contributed by atoms with Crippen LogP contribution in [0.4, 0.5) is 0 Å². The zero-order chi connectivity index (χ0) is 19.2. The predicted molar refractivity (Wildman–Crippen MR) is 94.8 cm³/mol. The lowest BCUT2D eigenvalue weighted by molar-refractivity contribution is -0.231. The molecule has 3 rings (SSSR count). The second-order valence-electron chi connectivity index (χ2n) is 8.03. The van der Waals surface area contributed by atoms with Crippen LogP contribution in [0, 0.1) is 0 Å². The lowest BCUT2D eigenvalue weighted by atomic mass is 9.64. The number of nitrogens with one attached hydrogen (secondary N) is 1. The van der Waals surface area contributed by atoms with Gasteiger partial charge in [0.25, 0.3) is 0 Å². The van der Waals surface area contributed by atoms with Gasteiger partial charge in [-0.3, -0.25) is 4.79 Å². The molecule has 2 N–H and O–H groups in total. The molecule has 2 heterocycles. The van der Waals surface area contributed by atoms with Gasteiger partial charge in [-0.1, -0.05) is 11.6 Å². The van der Waals surface area contributed by atoms with Crippen molar-refractivity contribution in [1.82, 2.24) is 5.32 Å². The smallest absolute Gasteiger partial charge is 0.320 e. The summed E-state index contributed by atoms with van der Waals surface area (Å²) in [7, 11) is 3.22. The van der Waals surface area contributed by atoms with E-state index in [0.29, 0.717) is 19.4 Å². The van der Waals surface area contributed by atoms with Crippen molar-refractivity contribution >= 4 is 5.97 Å². The lowest BCUT2D eigenvalue weighted by Crippen LogP contribution is -2.70. The summed E-state index contributed by atoms with van der Waals surface area (Å²) in [5.41, 5.74) is -1.66. The molecule has 0 aromatic rings. The molecule has 0 aromatic carbocycles. The fraction of sp³-hybridized carbons (Fsp3) is 0.842. The van der Waals surface area contributed by atoms with Gasteiger partial charge in [0.15, 0.2) is 5.60 Å². The van der Waals surface area contributed by atoms with E-state index in [1.165, 1.54) is 12.7 Å². The summed E-state index contributed by atoms with van der Waals surface area (Å²) in [4.78, 5) is 12.0. The molecule has 3 aliphatic rings. The number of ether oxygens (including phenoxy) is 4. The molecule has 3 fully saturated rings. The summed E-state index contributed by atoms with van der Waals surface area (Å²) in [6.07, 6.45) is 2.66. The van der Waals surface area contributed by atoms with E-state index in [1.807, 2.05) is 20.8 Å². The number of hydrogen-bond donors (Lipinski definition) is 2. The van der Waals surface area contributed by atoms with Crippen LogP contribution in [0.15, 0.2) is 11.6 Å². The van der Waals surface area contributed by atoms with Crippen molar-refractivity contribution in [2.24, 2.45) is 0 Å². The van der Waals surface area contributed by atoms with Crippen LogP contribution in [-0.4, -0.2) is 73.5 Å². The summed E-state index contributed by atoms with van der Waals surface area (Å²) in [6, 6.07) is 0. The third-order valence-electron chi connectivity index (χ3n) is 6.07. The van der Waals surface area contributed by atoms with Crippen molar-refractivity contribution in [1.29, 1.82) is 0 Å². The number of rotatable bonds is 7. The number of methoxy groups -OCH3 is 1. The van der Waals surface area contributed by atoms with Crippen LogP contribution in [-0.2, 0) is 23.7 Å². The highest BCUT2D eigenvalue weighted by atomic mass is 16.7. The number of esters is 1. The van der Waals surface area contributed by atoms with Crippen LogP contribution in [0.1, 0.15) is 40.0 Å². The van der Waals surface area contributed by atoms with E-state index in [9.17, 15) is 9.90 Å². The zero-order valence-corrected chi connectivity index (χ0v) is 16.3. The molecule has 1 aliphatic carbocycles. The molecule has 0 radical (unpaired) electrons. The van der Waals surface area contributed by atoms with E-state index < -0.39 is 29.0 Å². The first-order valence-corrected chi connectivity index (χ1v) is 9.28. The van der Waals surface area contributed by atoms with Gasteiger partial charge in [-0.25, -0.2) is 0 Å². The molecule has 6 atom stereocenters. The topological polar surface area (TPSA) is 92.9 Å². The fourth-order valence-corrected chi connectivity index (χ4v) is 4.44. The Morgan fingerprint density at radius 2 is 2.12 bits per heavy atom. The minimum atomic E-state index is -1.38. The summed E-state index contributed by atoms with van der Waals surface area (Å²) < 4.78 is 23.0. The van der Waals surface area contributed by atoms with Crippen molar-refractivity contribution in [2.75, 3.05) is 27.3 Å². The van der Waals surface area contributed by atoms with Gasteiger partial charge in [0, 0.05) is 7.11 Å². The van der Waals surface area contributed by atoms with Gasteiger partial charge < -0.3 is 29.4 Å². The number of carbonyl (C=O) groups excluding carboxylic acids is 1. The maximum absolute atomic E-state index is 12.0. The Kier molecular flexibility index (Phi) is 5.22. The second kappa shape index (κ2) is 6.87. The van der Waals surface area contributed by atoms with Gasteiger partial charge in [0.2, 0.25) is 0 Å². The van der Waals surface area contributed by atoms with E-state index in [0.717, 1.165) is 6.42 Å². The standard InChI is InChI=1S/C19H31NO6/c1-12(2)6-7-14-17(3,26-14)19(22)16(23-5)13(25-15(21)10-20-4)8-9-18(19)11-24-18/h6,13-14,16,20,22H,7-11H2,1-5H3/t13-,14?,16-,17+,18+,19+/m1/s1. The normalized spacial score (nSPS) is 43.8. The van der Waals surface area contributed by atoms with E-state index in [1.54, 1.807) is 7.05 Å². The van der Waals surface area contributed by atoms with Crippen LogP contribution in [0.2, 0.25) is 0 Å². The Balaban J connectivity index is 1.84. The third kappa shape index (κ3) is 2.99. The first-order valence-electron chi connectivity index (χ1n) is 9.28. The van der Waals surface area contributed by atoms with E-state index >= 15 is 0 Å². The van der Waals surface area contributed by atoms with E-state index in [2.05, 4.69) is 11.4 Å². The number of allylic oxidation sites excluding steroid dienone is 1. The van der Waals surface area contributed by atoms with Crippen LogP contribution >= 0.6 is 0 Å². The number of carbonyl (C=O) groups is 1. The van der Waals surface area contributed by atoms with Gasteiger partial charge in [-0.2, -0.15) is 0 Å². The van der Waals surface area contributed by atoms with Gasteiger partial charge >= 0.3 is 5.97 Å². The first kappa shape index (κ1) is 19.8. The molecule has 7 heteroatoms. The molecule has 0 aromatic heterocycles. The molecule has 1 spiro atoms. The first-order chi connectivity index (χ1) is 12.2. The van der Waals surface area contributed by atoms with Gasteiger partial charge in [-0.15, -0.1) is 0 Å². The quantitative estimate of drug-likeness (QED) is 0.392. The molecular weight excluding hydrogens is 338 g/mol. The Morgan fingerprint density at radius 3 is 2.65 bits per heavy atom. The molecule has 1 saturated carbocycles.